The topological polar surface area (TPSA) is 41.6 Å². The van der Waals surface area contributed by atoms with Gasteiger partial charge in [0.25, 0.3) is 5.91 Å². The number of hydrogen-bond donors (Lipinski definition) is 1. The van der Waals surface area contributed by atoms with Gasteiger partial charge in [-0.15, -0.1) is 0 Å². The Morgan fingerprint density at radius 3 is 2.90 bits per heavy atom. The Hall–Kier alpha value is -0.980. The molecule has 1 saturated heterocycles. The molecule has 20 heavy (non-hydrogen) atoms. The maximum Gasteiger partial charge on any atom is 0.254 e. The van der Waals surface area contributed by atoms with Gasteiger partial charge < -0.3 is 10.1 Å². The fourth-order valence-electron chi connectivity index (χ4n) is 2.15. The number of benzene rings is 1. The maximum atomic E-state index is 13.6. The molecule has 110 valence electrons. The van der Waals surface area contributed by atoms with Crippen LogP contribution in [0.25, 0.3) is 0 Å². The lowest BCUT2D eigenvalue weighted by Crippen LogP contribution is -2.47. The average molecular weight is 345 g/mol. The number of nitrogens with zero attached hydrogens (tertiary/aromatic N) is 1. The highest BCUT2D eigenvalue weighted by molar-refractivity contribution is 9.10. The van der Waals surface area contributed by atoms with Gasteiger partial charge in [0.05, 0.1) is 18.8 Å². The van der Waals surface area contributed by atoms with Crippen LogP contribution in [0.5, 0.6) is 0 Å². The molecule has 0 bridgehead atoms. The van der Waals surface area contributed by atoms with Crippen molar-refractivity contribution in [2.24, 2.45) is 0 Å². The molecule has 0 aliphatic carbocycles. The Balaban J connectivity index is 1.89. The summed E-state index contributed by atoms with van der Waals surface area (Å²) in [4.78, 5) is 14.2. The summed E-state index contributed by atoms with van der Waals surface area (Å²) in [6.07, 6.45) is 0. The number of carbonyl (C=O) groups excluding carboxylic acids is 1. The van der Waals surface area contributed by atoms with E-state index in [1.54, 1.807) is 6.07 Å². The van der Waals surface area contributed by atoms with Crippen molar-refractivity contribution in [1.82, 2.24) is 10.2 Å². The number of ether oxygens (including phenoxy) is 1. The van der Waals surface area contributed by atoms with Crippen molar-refractivity contribution in [3.8, 4) is 0 Å². The lowest BCUT2D eigenvalue weighted by Gasteiger charge is -2.32. The zero-order valence-corrected chi connectivity index (χ0v) is 13.0. The van der Waals surface area contributed by atoms with E-state index in [0.29, 0.717) is 11.0 Å². The van der Waals surface area contributed by atoms with E-state index in [-0.39, 0.29) is 17.5 Å². The summed E-state index contributed by atoms with van der Waals surface area (Å²) in [5, 5.41) is 2.78. The number of hydrogen-bond acceptors (Lipinski definition) is 3. The standard InChI is InChI=1S/C14H18BrFN2O2/c1-10(18-4-6-20-7-5-18)9-17-14(19)12-8-11(15)2-3-13(12)16/h2-3,8,10H,4-7,9H2,1H3,(H,17,19). The number of rotatable bonds is 4. The second-order valence-corrected chi connectivity index (χ2v) is 5.75. The molecule has 4 nitrogen and oxygen atoms in total. The van der Waals surface area contributed by atoms with Crippen molar-refractivity contribution in [3.63, 3.8) is 0 Å². The molecule has 1 aliphatic heterocycles. The Kier molecular flexibility index (Phi) is 5.51. The Bertz CT molecular complexity index is 478. The number of nitrogens with one attached hydrogen (secondary N) is 1. The van der Waals surface area contributed by atoms with Crippen LogP contribution in [0.3, 0.4) is 0 Å². The summed E-state index contributed by atoms with van der Waals surface area (Å²) < 4.78 is 19.6. The molecule has 0 spiro atoms. The van der Waals surface area contributed by atoms with Crippen LogP contribution in [0.2, 0.25) is 0 Å². The normalized spacial score (nSPS) is 17.8. The van der Waals surface area contributed by atoms with Gasteiger partial charge in [0.2, 0.25) is 0 Å². The summed E-state index contributed by atoms with van der Waals surface area (Å²) in [5.74, 6) is -0.895. The molecule has 1 amide bonds. The second kappa shape index (κ2) is 7.15. The fraction of sp³-hybridized carbons (Fsp3) is 0.500. The third kappa shape index (κ3) is 4.01. The van der Waals surface area contributed by atoms with E-state index in [1.807, 2.05) is 6.92 Å². The zero-order valence-electron chi connectivity index (χ0n) is 11.4. The minimum absolute atomic E-state index is 0.0635. The van der Waals surface area contributed by atoms with Crippen molar-refractivity contribution in [3.05, 3.63) is 34.1 Å². The highest BCUT2D eigenvalue weighted by Gasteiger charge is 2.18. The van der Waals surface area contributed by atoms with Gasteiger partial charge in [0, 0.05) is 30.1 Å². The molecular weight excluding hydrogens is 327 g/mol. The van der Waals surface area contributed by atoms with E-state index < -0.39 is 5.82 Å². The second-order valence-electron chi connectivity index (χ2n) is 4.83. The SMILES string of the molecule is CC(CNC(=O)c1cc(Br)ccc1F)N1CCOCC1. The van der Waals surface area contributed by atoms with Crippen LogP contribution in [0.15, 0.2) is 22.7 Å². The number of morpholine rings is 1. The first kappa shape index (κ1) is 15.4. The molecule has 1 atom stereocenters. The van der Waals surface area contributed by atoms with Crippen molar-refractivity contribution in [2.75, 3.05) is 32.8 Å². The largest absolute Gasteiger partial charge is 0.379 e. The van der Waals surface area contributed by atoms with Crippen LogP contribution < -0.4 is 5.32 Å². The molecular formula is C14H18BrFN2O2. The van der Waals surface area contributed by atoms with E-state index in [1.165, 1.54) is 12.1 Å². The summed E-state index contributed by atoms with van der Waals surface area (Å²) in [7, 11) is 0. The molecule has 1 aliphatic rings. The predicted molar refractivity (Wildman–Crippen MR) is 78.3 cm³/mol. The van der Waals surface area contributed by atoms with Crippen LogP contribution in [0.1, 0.15) is 17.3 Å². The molecule has 1 heterocycles. The molecule has 0 saturated carbocycles. The van der Waals surface area contributed by atoms with Crippen molar-refractivity contribution in [1.29, 1.82) is 0 Å². The summed E-state index contributed by atoms with van der Waals surface area (Å²) in [6, 6.07) is 4.55. The van der Waals surface area contributed by atoms with E-state index in [9.17, 15) is 9.18 Å². The first-order valence-corrected chi connectivity index (χ1v) is 7.42. The van der Waals surface area contributed by atoms with Gasteiger partial charge in [0.1, 0.15) is 5.82 Å². The first-order valence-electron chi connectivity index (χ1n) is 6.63. The number of amides is 1. The lowest BCUT2D eigenvalue weighted by molar-refractivity contribution is 0.0204. The molecule has 1 aromatic rings. The monoisotopic (exact) mass is 344 g/mol. The van der Waals surface area contributed by atoms with E-state index in [2.05, 4.69) is 26.1 Å². The molecule has 1 aromatic carbocycles. The summed E-state index contributed by atoms with van der Waals surface area (Å²) in [5.41, 5.74) is 0.0635. The van der Waals surface area contributed by atoms with E-state index >= 15 is 0 Å². The van der Waals surface area contributed by atoms with Crippen LogP contribution in [0.4, 0.5) is 4.39 Å². The van der Waals surface area contributed by atoms with Gasteiger partial charge in [-0.1, -0.05) is 15.9 Å². The van der Waals surface area contributed by atoms with Crippen LogP contribution in [-0.4, -0.2) is 49.7 Å². The Morgan fingerprint density at radius 1 is 1.50 bits per heavy atom. The average Bonchev–Trinajstić information content (AvgIpc) is 2.47. The van der Waals surface area contributed by atoms with Gasteiger partial charge in [-0.2, -0.15) is 0 Å². The van der Waals surface area contributed by atoms with Gasteiger partial charge in [-0.25, -0.2) is 4.39 Å². The van der Waals surface area contributed by atoms with Crippen LogP contribution in [-0.2, 0) is 4.74 Å². The summed E-state index contributed by atoms with van der Waals surface area (Å²) in [6.45, 7) is 5.70. The van der Waals surface area contributed by atoms with Gasteiger partial charge in [-0.3, -0.25) is 9.69 Å². The Labute approximate surface area is 126 Å². The number of carbonyl (C=O) groups is 1. The smallest absolute Gasteiger partial charge is 0.254 e. The van der Waals surface area contributed by atoms with Crippen LogP contribution >= 0.6 is 15.9 Å². The molecule has 2 rings (SSSR count). The van der Waals surface area contributed by atoms with Gasteiger partial charge in [-0.05, 0) is 25.1 Å². The Morgan fingerprint density at radius 2 is 2.20 bits per heavy atom. The van der Waals surface area contributed by atoms with Gasteiger partial charge in [0.15, 0.2) is 0 Å². The van der Waals surface area contributed by atoms with E-state index in [4.69, 9.17) is 4.74 Å². The van der Waals surface area contributed by atoms with Crippen molar-refractivity contribution in [2.45, 2.75) is 13.0 Å². The molecule has 6 heteroatoms. The summed E-state index contributed by atoms with van der Waals surface area (Å²) >= 11 is 3.24. The van der Waals surface area contributed by atoms with Crippen molar-refractivity contribution < 1.29 is 13.9 Å². The first-order chi connectivity index (χ1) is 9.58. The van der Waals surface area contributed by atoms with Crippen molar-refractivity contribution >= 4 is 21.8 Å². The molecule has 0 radical (unpaired) electrons. The highest BCUT2D eigenvalue weighted by atomic mass is 79.9. The minimum atomic E-state index is -0.510. The third-order valence-electron chi connectivity index (χ3n) is 3.40. The third-order valence-corrected chi connectivity index (χ3v) is 3.89. The minimum Gasteiger partial charge on any atom is -0.379 e. The van der Waals surface area contributed by atoms with Gasteiger partial charge >= 0.3 is 0 Å². The molecule has 1 fully saturated rings. The molecule has 0 aromatic heterocycles. The maximum absolute atomic E-state index is 13.6. The van der Waals surface area contributed by atoms with Crippen LogP contribution in [0, 0.1) is 5.82 Å². The number of halogens is 2. The lowest BCUT2D eigenvalue weighted by atomic mass is 10.2. The zero-order chi connectivity index (χ0) is 14.5. The fourth-order valence-corrected chi connectivity index (χ4v) is 2.52. The van der Waals surface area contributed by atoms with E-state index in [0.717, 1.165) is 26.3 Å². The molecule has 1 N–H and O–H groups in total. The highest BCUT2D eigenvalue weighted by Crippen LogP contribution is 2.15. The quantitative estimate of drug-likeness (QED) is 0.908. The molecule has 1 unspecified atom stereocenters. The predicted octanol–water partition coefficient (Wildman–Crippen LogP) is 2.04.